The third-order valence-corrected chi connectivity index (χ3v) is 2.39. The van der Waals surface area contributed by atoms with Gasteiger partial charge in [0.2, 0.25) is 0 Å². The minimum absolute atomic E-state index is 0.0370. The van der Waals surface area contributed by atoms with Crippen molar-refractivity contribution >= 4 is 5.91 Å². The van der Waals surface area contributed by atoms with E-state index in [-0.39, 0.29) is 12.5 Å². The molecule has 0 spiro atoms. The molecular weight excluding hydrogens is 168 g/mol. The summed E-state index contributed by atoms with van der Waals surface area (Å²) < 4.78 is 5.01. The Balaban J connectivity index is 2.50. The second-order valence-corrected chi connectivity index (χ2v) is 3.32. The molecule has 1 amide bonds. The summed E-state index contributed by atoms with van der Waals surface area (Å²) in [6, 6.07) is 0.446. The fourth-order valence-electron chi connectivity index (χ4n) is 1.46. The fraction of sp³-hybridized carbons (Fsp3) is 0.889. The first-order valence-electron chi connectivity index (χ1n) is 4.77. The van der Waals surface area contributed by atoms with Gasteiger partial charge in [0.1, 0.15) is 6.10 Å². The number of nitrogens with zero attached hydrogens (tertiary/aromatic N) is 1. The summed E-state index contributed by atoms with van der Waals surface area (Å²) >= 11 is 0. The second kappa shape index (κ2) is 4.58. The van der Waals surface area contributed by atoms with Crippen molar-refractivity contribution in [2.45, 2.75) is 31.9 Å². The summed E-state index contributed by atoms with van der Waals surface area (Å²) in [6.45, 7) is 3.00. The molecule has 2 N–H and O–H groups in total. The normalized spacial score (nSPS) is 18.4. The van der Waals surface area contributed by atoms with Gasteiger partial charge in [-0.1, -0.05) is 0 Å². The predicted octanol–water partition coefficient (Wildman–Crippen LogP) is -0.0290. The van der Waals surface area contributed by atoms with Crippen molar-refractivity contribution in [1.82, 2.24) is 4.90 Å². The number of ether oxygens (including phenoxy) is 1. The molecule has 0 bridgehead atoms. The van der Waals surface area contributed by atoms with Gasteiger partial charge in [-0.25, -0.2) is 0 Å². The molecule has 4 nitrogen and oxygen atoms in total. The number of carbonyl (C=O) groups excluding carboxylic acids is 1. The molecule has 76 valence electrons. The summed E-state index contributed by atoms with van der Waals surface area (Å²) in [4.78, 5) is 13.6. The van der Waals surface area contributed by atoms with Crippen LogP contribution in [0.3, 0.4) is 0 Å². The number of amides is 1. The van der Waals surface area contributed by atoms with Gasteiger partial charge in [0.05, 0.1) is 0 Å². The highest BCUT2D eigenvalue weighted by molar-refractivity contribution is 5.81. The number of nitrogens with two attached hydrogens (primary N) is 1. The van der Waals surface area contributed by atoms with Gasteiger partial charge in [0, 0.05) is 26.2 Å². The topological polar surface area (TPSA) is 55.6 Å². The van der Waals surface area contributed by atoms with Crippen molar-refractivity contribution in [3.05, 3.63) is 0 Å². The summed E-state index contributed by atoms with van der Waals surface area (Å²) in [6.07, 6.45) is 1.79. The first kappa shape index (κ1) is 10.5. The summed E-state index contributed by atoms with van der Waals surface area (Å²) in [5, 5.41) is 0. The first-order valence-corrected chi connectivity index (χ1v) is 4.77. The molecule has 0 aromatic rings. The molecule has 1 unspecified atom stereocenters. The Morgan fingerprint density at radius 3 is 2.62 bits per heavy atom. The maximum Gasteiger partial charge on any atom is 0.253 e. The average Bonchev–Trinajstić information content (AvgIpc) is 2.92. The van der Waals surface area contributed by atoms with Crippen molar-refractivity contribution in [3.8, 4) is 0 Å². The molecule has 1 atom stereocenters. The van der Waals surface area contributed by atoms with Crippen molar-refractivity contribution in [2.75, 3.05) is 20.2 Å². The van der Waals surface area contributed by atoms with Gasteiger partial charge >= 0.3 is 0 Å². The molecule has 1 aliphatic carbocycles. The molecule has 1 fully saturated rings. The predicted molar refractivity (Wildman–Crippen MR) is 50.3 cm³/mol. The van der Waals surface area contributed by atoms with Crippen molar-refractivity contribution in [3.63, 3.8) is 0 Å². The highest BCUT2D eigenvalue weighted by Gasteiger charge is 2.34. The molecule has 0 saturated heterocycles. The molecule has 0 radical (unpaired) electrons. The van der Waals surface area contributed by atoms with Crippen LogP contribution in [0.4, 0.5) is 0 Å². The second-order valence-electron chi connectivity index (χ2n) is 3.32. The van der Waals surface area contributed by atoms with Gasteiger partial charge in [-0.05, 0) is 19.8 Å². The van der Waals surface area contributed by atoms with E-state index in [1.165, 1.54) is 7.11 Å². The van der Waals surface area contributed by atoms with Gasteiger partial charge in [-0.15, -0.1) is 0 Å². The number of methoxy groups -OCH3 is 1. The highest BCUT2D eigenvalue weighted by atomic mass is 16.5. The smallest absolute Gasteiger partial charge is 0.253 e. The Morgan fingerprint density at radius 1 is 1.69 bits per heavy atom. The van der Waals surface area contributed by atoms with Crippen molar-refractivity contribution in [2.24, 2.45) is 5.73 Å². The van der Waals surface area contributed by atoms with E-state index >= 15 is 0 Å². The Hall–Kier alpha value is -0.610. The SMILES string of the molecule is CCN(C(=O)C(CN)OC)C1CC1. The quantitative estimate of drug-likeness (QED) is 0.656. The Labute approximate surface area is 79.0 Å². The van der Waals surface area contributed by atoms with E-state index in [4.69, 9.17) is 10.5 Å². The van der Waals surface area contributed by atoms with E-state index < -0.39 is 6.10 Å². The zero-order valence-electron chi connectivity index (χ0n) is 8.32. The molecular formula is C9H18N2O2. The summed E-state index contributed by atoms with van der Waals surface area (Å²) in [5.41, 5.74) is 5.42. The van der Waals surface area contributed by atoms with Crippen LogP contribution in [0.15, 0.2) is 0 Å². The van der Waals surface area contributed by atoms with Gasteiger partial charge in [-0.2, -0.15) is 0 Å². The average molecular weight is 186 g/mol. The number of likely N-dealkylation sites (N-methyl/N-ethyl adjacent to an activating group) is 1. The van der Waals surface area contributed by atoms with E-state index in [0.29, 0.717) is 6.04 Å². The van der Waals surface area contributed by atoms with Crippen LogP contribution in [0, 0.1) is 0 Å². The van der Waals surface area contributed by atoms with Gasteiger partial charge in [0.25, 0.3) is 5.91 Å². The third-order valence-electron chi connectivity index (χ3n) is 2.39. The van der Waals surface area contributed by atoms with Crippen molar-refractivity contribution in [1.29, 1.82) is 0 Å². The number of hydrogen-bond donors (Lipinski definition) is 1. The van der Waals surface area contributed by atoms with Crippen LogP contribution in [0.1, 0.15) is 19.8 Å². The van der Waals surface area contributed by atoms with Crippen molar-refractivity contribution < 1.29 is 9.53 Å². The molecule has 13 heavy (non-hydrogen) atoms. The zero-order valence-corrected chi connectivity index (χ0v) is 8.32. The monoisotopic (exact) mass is 186 g/mol. The van der Waals surface area contributed by atoms with E-state index in [9.17, 15) is 4.79 Å². The van der Waals surface area contributed by atoms with Gasteiger partial charge < -0.3 is 15.4 Å². The lowest BCUT2D eigenvalue weighted by molar-refractivity contribution is -0.141. The van der Waals surface area contributed by atoms with Crippen LogP contribution in [0.25, 0.3) is 0 Å². The Kier molecular flexibility index (Phi) is 3.69. The van der Waals surface area contributed by atoms with Crippen LogP contribution in [0.5, 0.6) is 0 Å². The number of rotatable bonds is 5. The minimum Gasteiger partial charge on any atom is -0.370 e. The van der Waals surface area contributed by atoms with E-state index in [1.807, 2.05) is 11.8 Å². The van der Waals surface area contributed by atoms with Gasteiger partial charge in [0.15, 0.2) is 0 Å². The maximum atomic E-state index is 11.7. The fourth-order valence-corrected chi connectivity index (χ4v) is 1.46. The molecule has 0 aliphatic heterocycles. The minimum atomic E-state index is -0.458. The maximum absolute atomic E-state index is 11.7. The Morgan fingerprint density at radius 2 is 2.31 bits per heavy atom. The van der Waals surface area contributed by atoms with Crippen LogP contribution >= 0.6 is 0 Å². The summed E-state index contributed by atoms with van der Waals surface area (Å²) in [5.74, 6) is 0.0370. The highest BCUT2D eigenvalue weighted by Crippen LogP contribution is 2.27. The van der Waals surface area contributed by atoms with Crippen LogP contribution in [-0.4, -0.2) is 43.2 Å². The van der Waals surface area contributed by atoms with Crippen LogP contribution in [-0.2, 0) is 9.53 Å². The van der Waals surface area contributed by atoms with Gasteiger partial charge in [-0.3, -0.25) is 4.79 Å². The lowest BCUT2D eigenvalue weighted by atomic mass is 10.3. The lowest BCUT2D eigenvalue weighted by Crippen LogP contribution is -2.44. The van der Waals surface area contributed by atoms with E-state index in [1.54, 1.807) is 0 Å². The molecule has 1 saturated carbocycles. The van der Waals surface area contributed by atoms with E-state index in [0.717, 1.165) is 19.4 Å². The molecule has 0 heterocycles. The molecule has 1 aliphatic rings. The van der Waals surface area contributed by atoms with Crippen LogP contribution < -0.4 is 5.73 Å². The zero-order chi connectivity index (χ0) is 9.84. The standard InChI is InChI=1S/C9H18N2O2/c1-3-11(7-4-5-7)9(12)8(6-10)13-2/h7-8H,3-6,10H2,1-2H3. The molecule has 4 heteroatoms. The first-order chi connectivity index (χ1) is 6.24. The molecule has 1 rings (SSSR count). The number of hydrogen-bond acceptors (Lipinski definition) is 3. The largest absolute Gasteiger partial charge is 0.370 e. The van der Waals surface area contributed by atoms with E-state index in [2.05, 4.69) is 0 Å². The summed E-state index contributed by atoms with van der Waals surface area (Å²) in [7, 11) is 1.52. The van der Waals surface area contributed by atoms with Crippen LogP contribution in [0.2, 0.25) is 0 Å². The molecule has 0 aromatic carbocycles. The third kappa shape index (κ3) is 2.42. The Bertz CT molecular complexity index is 176. The molecule has 0 aromatic heterocycles. The number of carbonyl (C=O) groups is 1. The lowest BCUT2D eigenvalue weighted by Gasteiger charge is -2.24.